The van der Waals surface area contributed by atoms with Crippen LogP contribution in [0.15, 0.2) is 36.7 Å². The predicted octanol–water partition coefficient (Wildman–Crippen LogP) is 0.791. The summed E-state index contributed by atoms with van der Waals surface area (Å²) in [6, 6.07) is 7.64. The van der Waals surface area contributed by atoms with Crippen LogP contribution in [0.25, 0.3) is 0 Å². The molecule has 8 nitrogen and oxygen atoms in total. The highest BCUT2D eigenvalue weighted by Gasteiger charge is 2.22. The van der Waals surface area contributed by atoms with Crippen LogP contribution in [0.2, 0.25) is 5.02 Å². The maximum Gasteiger partial charge on any atom is 0.274 e. The van der Waals surface area contributed by atoms with Crippen LogP contribution in [0.4, 0.5) is 11.5 Å². The van der Waals surface area contributed by atoms with Gasteiger partial charge in [-0.15, -0.1) is 0 Å². The monoisotopic (exact) mass is 374 g/mol. The number of rotatable bonds is 4. The lowest BCUT2D eigenvalue weighted by Crippen LogP contribution is -2.51. The number of amides is 2. The van der Waals surface area contributed by atoms with Crippen molar-refractivity contribution in [2.75, 3.05) is 43.4 Å². The summed E-state index contributed by atoms with van der Waals surface area (Å²) in [6.45, 7) is 2.46. The average Bonchev–Trinajstić information content (AvgIpc) is 2.66. The minimum Gasteiger partial charge on any atom is -0.382 e. The molecule has 0 atom stereocenters. The molecule has 0 spiro atoms. The second kappa shape index (κ2) is 8.01. The Kier molecular flexibility index (Phi) is 5.52. The molecule has 0 aliphatic carbocycles. The number of aromatic nitrogens is 2. The first kappa shape index (κ1) is 17.9. The maximum atomic E-state index is 12.3. The summed E-state index contributed by atoms with van der Waals surface area (Å²) in [5, 5.41) is 3.23. The Labute approximate surface area is 156 Å². The van der Waals surface area contributed by atoms with E-state index in [9.17, 15) is 9.59 Å². The lowest BCUT2D eigenvalue weighted by Gasteiger charge is -2.36. The van der Waals surface area contributed by atoms with Crippen LogP contribution < -0.4 is 16.0 Å². The molecule has 3 N–H and O–H groups in total. The van der Waals surface area contributed by atoms with Crippen molar-refractivity contribution in [2.24, 2.45) is 0 Å². The molecule has 1 aromatic carbocycles. The van der Waals surface area contributed by atoms with Crippen molar-refractivity contribution in [3.8, 4) is 0 Å². The minimum atomic E-state index is -0.512. The molecule has 1 aliphatic heterocycles. The Bertz CT molecular complexity index is 807. The van der Waals surface area contributed by atoms with E-state index in [4.69, 9.17) is 17.3 Å². The Balaban J connectivity index is 1.49. The van der Waals surface area contributed by atoms with Gasteiger partial charge in [0, 0.05) is 49.3 Å². The van der Waals surface area contributed by atoms with Crippen molar-refractivity contribution in [1.29, 1.82) is 0 Å². The van der Waals surface area contributed by atoms with Gasteiger partial charge in [-0.2, -0.15) is 0 Å². The SMILES string of the molecule is Nc1nccnc1C(=O)NCC(=O)N1CCN(c2cccc(Cl)c2)CC1. The first-order chi connectivity index (χ1) is 12.5. The minimum absolute atomic E-state index is 0.0195. The highest BCUT2D eigenvalue weighted by Crippen LogP contribution is 2.20. The summed E-state index contributed by atoms with van der Waals surface area (Å²) in [6.07, 6.45) is 2.78. The average molecular weight is 375 g/mol. The van der Waals surface area contributed by atoms with Crippen molar-refractivity contribution in [3.63, 3.8) is 0 Å². The quantitative estimate of drug-likeness (QED) is 0.819. The van der Waals surface area contributed by atoms with Gasteiger partial charge in [0.15, 0.2) is 11.5 Å². The maximum absolute atomic E-state index is 12.3. The van der Waals surface area contributed by atoms with Crippen LogP contribution in [0, 0.1) is 0 Å². The Morgan fingerprint density at radius 3 is 2.58 bits per heavy atom. The first-order valence-corrected chi connectivity index (χ1v) is 8.55. The molecule has 136 valence electrons. The fourth-order valence-corrected chi connectivity index (χ4v) is 2.95. The molecule has 1 aromatic heterocycles. The number of halogens is 1. The molecule has 0 bridgehead atoms. The molecule has 1 saturated heterocycles. The third kappa shape index (κ3) is 4.20. The molecule has 0 radical (unpaired) electrons. The van der Waals surface area contributed by atoms with Gasteiger partial charge in [0.2, 0.25) is 5.91 Å². The molecule has 9 heteroatoms. The van der Waals surface area contributed by atoms with Gasteiger partial charge in [-0.1, -0.05) is 17.7 Å². The lowest BCUT2D eigenvalue weighted by atomic mass is 10.2. The zero-order valence-corrected chi connectivity index (χ0v) is 14.8. The van der Waals surface area contributed by atoms with Gasteiger partial charge in [0.05, 0.1) is 6.54 Å². The summed E-state index contributed by atoms with van der Waals surface area (Å²) in [5.74, 6) is -0.624. The van der Waals surface area contributed by atoms with Gasteiger partial charge >= 0.3 is 0 Å². The number of nitrogens with zero attached hydrogens (tertiary/aromatic N) is 4. The first-order valence-electron chi connectivity index (χ1n) is 8.17. The Hall–Kier alpha value is -2.87. The summed E-state index contributed by atoms with van der Waals surface area (Å²) < 4.78 is 0. The van der Waals surface area contributed by atoms with Crippen molar-refractivity contribution in [1.82, 2.24) is 20.2 Å². The molecule has 0 unspecified atom stereocenters. The van der Waals surface area contributed by atoms with E-state index in [1.807, 2.05) is 24.3 Å². The molecule has 2 aromatic rings. The number of benzene rings is 1. The van der Waals surface area contributed by atoms with Crippen molar-refractivity contribution in [3.05, 3.63) is 47.4 Å². The number of nitrogen functional groups attached to an aromatic ring is 1. The molecule has 2 amide bonds. The van der Waals surface area contributed by atoms with E-state index in [0.29, 0.717) is 31.2 Å². The molecule has 3 rings (SSSR count). The van der Waals surface area contributed by atoms with E-state index < -0.39 is 5.91 Å². The van der Waals surface area contributed by atoms with Crippen molar-refractivity contribution < 1.29 is 9.59 Å². The molecule has 26 heavy (non-hydrogen) atoms. The van der Waals surface area contributed by atoms with E-state index in [2.05, 4.69) is 20.2 Å². The lowest BCUT2D eigenvalue weighted by molar-refractivity contribution is -0.130. The molecule has 1 fully saturated rings. The number of anilines is 2. The number of nitrogens with two attached hydrogens (primary N) is 1. The largest absolute Gasteiger partial charge is 0.382 e. The van der Waals surface area contributed by atoms with Gasteiger partial charge in [0.1, 0.15) is 0 Å². The zero-order valence-electron chi connectivity index (χ0n) is 14.1. The number of hydrogen-bond acceptors (Lipinski definition) is 6. The van der Waals surface area contributed by atoms with Crippen LogP contribution in [-0.2, 0) is 4.79 Å². The summed E-state index contributed by atoms with van der Waals surface area (Å²) in [5.41, 5.74) is 6.66. The van der Waals surface area contributed by atoms with Crippen LogP contribution >= 0.6 is 11.6 Å². The normalized spacial score (nSPS) is 14.2. The number of nitrogens with one attached hydrogen (secondary N) is 1. The van der Waals surface area contributed by atoms with Crippen LogP contribution in [0.5, 0.6) is 0 Å². The zero-order chi connectivity index (χ0) is 18.5. The summed E-state index contributed by atoms with van der Waals surface area (Å²) in [7, 11) is 0. The third-order valence-electron chi connectivity index (χ3n) is 4.15. The third-order valence-corrected chi connectivity index (χ3v) is 4.38. The molecule has 0 saturated carbocycles. The van der Waals surface area contributed by atoms with E-state index in [0.717, 1.165) is 5.69 Å². The molecular formula is C17H19ClN6O2. The van der Waals surface area contributed by atoms with E-state index in [-0.39, 0.29) is 24.0 Å². The van der Waals surface area contributed by atoms with E-state index in [1.54, 1.807) is 4.90 Å². The standard InChI is InChI=1S/C17H19ClN6O2/c18-12-2-1-3-13(10-12)23-6-8-24(9-7-23)14(25)11-22-17(26)15-16(19)21-5-4-20-15/h1-5,10H,6-9,11H2,(H2,19,21)(H,22,26). The second-order valence-electron chi connectivity index (χ2n) is 5.82. The smallest absolute Gasteiger partial charge is 0.274 e. The Morgan fingerprint density at radius 1 is 1.15 bits per heavy atom. The Morgan fingerprint density at radius 2 is 1.88 bits per heavy atom. The van der Waals surface area contributed by atoms with Gasteiger partial charge in [-0.05, 0) is 18.2 Å². The van der Waals surface area contributed by atoms with E-state index >= 15 is 0 Å². The number of piperazine rings is 1. The molecule has 2 heterocycles. The van der Waals surface area contributed by atoms with Gasteiger partial charge < -0.3 is 20.9 Å². The van der Waals surface area contributed by atoms with Gasteiger partial charge in [-0.3, -0.25) is 9.59 Å². The second-order valence-corrected chi connectivity index (χ2v) is 6.26. The van der Waals surface area contributed by atoms with Gasteiger partial charge in [-0.25, -0.2) is 9.97 Å². The molecule has 1 aliphatic rings. The van der Waals surface area contributed by atoms with Crippen molar-refractivity contribution >= 4 is 34.9 Å². The summed E-state index contributed by atoms with van der Waals surface area (Å²) >= 11 is 6.03. The predicted molar refractivity (Wildman–Crippen MR) is 99.0 cm³/mol. The van der Waals surface area contributed by atoms with Crippen molar-refractivity contribution in [2.45, 2.75) is 0 Å². The molecular weight excluding hydrogens is 356 g/mol. The highest BCUT2D eigenvalue weighted by atomic mass is 35.5. The number of hydrogen-bond donors (Lipinski definition) is 2. The van der Waals surface area contributed by atoms with E-state index in [1.165, 1.54) is 12.4 Å². The fraction of sp³-hybridized carbons (Fsp3) is 0.294. The highest BCUT2D eigenvalue weighted by molar-refractivity contribution is 6.30. The van der Waals surface area contributed by atoms with Gasteiger partial charge in [0.25, 0.3) is 5.91 Å². The summed E-state index contributed by atoms with van der Waals surface area (Å²) in [4.78, 5) is 35.9. The van der Waals surface area contributed by atoms with Crippen LogP contribution in [0.3, 0.4) is 0 Å². The van der Waals surface area contributed by atoms with Crippen LogP contribution in [-0.4, -0.2) is 59.4 Å². The van der Waals surface area contributed by atoms with Crippen LogP contribution in [0.1, 0.15) is 10.5 Å². The number of carbonyl (C=O) groups excluding carboxylic acids is 2. The fourth-order valence-electron chi connectivity index (χ4n) is 2.76. The number of carbonyl (C=O) groups is 2. The topological polar surface area (TPSA) is 104 Å².